The van der Waals surface area contributed by atoms with Crippen molar-refractivity contribution in [1.29, 1.82) is 5.26 Å². The van der Waals surface area contributed by atoms with Crippen LogP contribution in [0.15, 0.2) is 36.4 Å². The van der Waals surface area contributed by atoms with Crippen LogP contribution in [-0.2, 0) is 13.6 Å². The van der Waals surface area contributed by atoms with Crippen LogP contribution in [0.5, 0.6) is 0 Å². The Labute approximate surface area is 127 Å². The highest BCUT2D eigenvalue weighted by Gasteiger charge is 2.13. The van der Waals surface area contributed by atoms with Gasteiger partial charge in [0.1, 0.15) is 11.8 Å². The molecule has 0 aliphatic rings. The molecule has 21 heavy (non-hydrogen) atoms. The van der Waals surface area contributed by atoms with Gasteiger partial charge in [0.2, 0.25) is 0 Å². The van der Waals surface area contributed by atoms with Crippen LogP contribution in [0.3, 0.4) is 0 Å². The molecule has 1 heterocycles. The van der Waals surface area contributed by atoms with Gasteiger partial charge in [-0.1, -0.05) is 43.7 Å². The highest BCUT2D eigenvalue weighted by atomic mass is 15.0. The molecular weight excluding hydrogens is 258 g/mol. The monoisotopic (exact) mass is 281 g/mol. The first kappa shape index (κ1) is 15.3. The van der Waals surface area contributed by atoms with Crippen molar-refractivity contribution in [3.8, 4) is 6.07 Å². The number of hydrogen-bond donors (Lipinski definition) is 1. The predicted octanol–water partition coefficient (Wildman–Crippen LogP) is 3.84. The molecule has 0 bridgehead atoms. The third-order valence-corrected chi connectivity index (χ3v) is 4.07. The summed E-state index contributed by atoms with van der Waals surface area (Å²) in [6, 6.07) is 15.1. The van der Waals surface area contributed by atoms with Crippen molar-refractivity contribution in [3.05, 3.63) is 58.9 Å². The number of nitrogens with zero attached hydrogens (tertiary/aromatic N) is 2. The number of benzene rings is 1. The fraction of sp³-hybridized carbons (Fsp3) is 0.389. The molecule has 1 atom stereocenters. The summed E-state index contributed by atoms with van der Waals surface area (Å²) < 4.78 is 1.95. The summed E-state index contributed by atoms with van der Waals surface area (Å²) in [6.45, 7) is 5.06. The Morgan fingerprint density at radius 2 is 2.00 bits per heavy atom. The molecule has 0 aliphatic carbocycles. The molecule has 110 valence electrons. The molecule has 0 radical (unpaired) electrons. The maximum atomic E-state index is 9.10. The van der Waals surface area contributed by atoms with Crippen molar-refractivity contribution < 1.29 is 0 Å². The lowest BCUT2D eigenvalue weighted by Crippen LogP contribution is -2.21. The van der Waals surface area contributed by atoms with E-state index in [1.165, 1.54) is 11.1 Å². The summed E-state index contributed by atoms with van der Waals surface area (Å²) in [5, 5.41) is 12.7. The van der Waals surface area contributed by atoms with Crippen molar-refractivity contribution >= 4 is 0 Å². The van der Waals surface area contributed by atoms with Gasteiger partial charge in [-0.15, -0.1) is 0 Å². The molecule has 1 aromatic carbocycles. The molecular formula is C18H23N3. The van der Waals surface area contributed by atoms with Gasteiger partial charge in [0, 0.05) is 25.3 Å². The minimum Gasteiger partial charge on any atom is -0.340 e. The van der Waals surface area contributed by atoms with Crippen LogP contribution in [0.25, 0.3) is 0 Å². The van der Waals surface area contributed by atoms with Crippen LogP contribution < -0.4 is 5.32 Å². The lowest BCUT2D eigenvalue weighted by atomic mass is 10.0. The second-order valence-electron chi connectivity index (χ2n) is 5.44. The average Bonchev–Trinajstić information content (AvgIpc) is 2.80. The second-order valence-corrected chi connectivity index (χ2v) is 5.44. The molecule has 0 spiro atoms. The Kier molecular flexibility index (Phi) is 5.19. The zero-order valence-corrected chi connectivity index (χ0v) is 13.1. The van der Waals surface area contributed by atoms with E-state index in [2.05, 4.69) is 49.5 Å². The molecule has 0 amide bonds. The van der Waals surface area contributed by atoms with Crippen LogP contribution in [0, 0.1) is 18.3 Å². The summed E-state index contributed by atoms with van der Waals surface area (Å²) >= 11 is 0. The molecule has 1 aromatic heterocycles. The van der Waals surface area contributed by atoms with Gasteiger partial charge < -0.3 is 9.88 Å². The molecule has 0 saturated carbocycles. The summed E-state index contributed by atoms with van der Waals surface area (Å²) in [4.78, 5) is 0. The van der Waals surface area contributed by atoms with Crippen molar-refractivity contribution in [2.45, 2.75) is 39.3 Å². The molecule has 2 aromatic rings. The summed E-state index contributed by atoms with van der Waals surface area (Å²) in [5.41, 5.74) is 4.40. The molecule has 0 saturated heterocycles. The van der Waals surface area contributed by atoms with Gasteiger partial charge in [-0.05, 0) is 30.5 Å². The lowest BCUT2D eigenvalue weighted by Gasteiger charge is -2.18. The maximum absolute atomic E-state index is 9.10. The SMILES string of the molecule is CCCC(NCc1cc(C#N)n(C)c1C)c1ccccc1. The Balaban J connectivity index is 2.11. The van der Waals surface area contributed by atoms with Crippen LogP contribution in [-0.4, -0.2) is 4.57 Å². The average molecular weight is 281 g/mol. The Morgan fingerprint density at radius 3 is 2.57 bits per heavy atom. The third kappa shape index (κ3) is 3.53. The van der Waals surface area contributed by atoms with Gasteiger partial charge >= 0.3 is 0 Å². The lowest BCUT2D eigenvalue weighted by molar-refractivity contribution is 0.492. The van der Waals surface area contributed by atoms with E-state index in [0.717, 1.165) is 30.8 Å². The predicted molar refractivity (Wildman–Crippen MR) is 85.8 cm³/mol. The molecule has 2 rings (SSSR count). The minimum absolute atomic E-state index is 0.362. The molecule has 0 fully saturated rings. The van der Waals surface area contributed by atoms with Crippen LogP contribution in [0.4, 0.5) is 0 Å². The number of rotatable bonds is 6. The Hall–Kier alpha value is -2.05. The standard InChI is InChI=1S/C18H23N3/c1-4-8-18(15-9-6-5-7-10-15)20-13-16-11-17(12-19)21(3)14(16)2/h5-7,9-11,18,20H,4,8,13H2,1-3H3. The first-order chi connectivity index (χ1) is 10.2. The number of aromatic nitrogens is 1. The largest absolute Gasteiger partial charge is 0.340 e. The molecule has 3 heteroatoms. The number of nitrogens with one attached hydrogen (secondary N) is 1. The van der Waals surface area contributed by atoms with E-state index in [-0.39, 0.29) is 0 Å². The molecule has 1 unspecified atom stereocenters. The smallest absolute Gasteiger partial charge is 0.120 e. The highest BCUT2D eigenvalue weighted by molar-refractivity contribution is 5.34. The van der Waals surface area contributed by atoms with E-state index in [1.54, 1.807) is 0 Å². The van der Waals surface area contributed by atoms with E-state index in [9.17, 15) is 0 Å². The summed E-state index contributed by atoms with van der Waals surface area (Å²) in [5.74, 6) is 0. The fourth-order valence-corrected chi connectivity index (χ4v) is 2.64. The van der Waals surface area contributed by atoms with Crippen molar-refractivity contribution in [1.82, 2.24) is 9.88 Å². The van der Waals surface area contributed by atoms with Gasteiger partial charge in [0.05, 0.1) is 0 Å². The summed E-state index contributed by atoms with van der Waals surface area (Å²) in [6.07, 6.45) is 2.25. The normalized spacial score (nSPS) is 12.1. The van der Waals surface area contributed by atoms with Gasteiger partial charge in [-0.25, -0.2) is 0 Å². The highest BCUT2D eigenvalue weighted by Crippen LogP contribution is 2.20. The molecule has 3 nitrogen and oxygen atoms in total. The van der Waals surface area contributed by atoms with E-state index in [1.807, 2.05) is 23.7 Å². The van der Waals surface area contributed by atoms with Gasteiger partial charge in [-0.3, -0.25) is 0 Å². The maximum Gasteiger partial charge on any atom is 0.120 e. The molecule has 1 N–H and O–H groups in total. The van der Waals surface area contributed by atoms with E-state index in [4.69, 9.17) is 5.26 Å². The van der Waals surface area contributed by atoms with Gasteiger partial charge in [-0.2, -0.15) is 5.26 Å². The number of hydrogen-bond acceptors (Lipinski definition) is 2. The van der Waals surface area contributed by atoms with Crippen LogP contribution >= 0.6 is 0 Å². The van der Waals surface area contributed by atoms with Crippen LogP contribution in [0.2, 0.25) is 0 Å². The van der Waals surface area contributed by atoms with E-state index < -0.39 is 0 Å². The second kappa shape index (κ2) is 7.10. The van der Waals surface area contributed by atoms with E-state index in [0.29, 0.717) is 6.04 Å². The fourth-order valence-electron chi connectivity index (χ4n) is 2.64. The topological polar surface area (TPSA) is 40.8 Å². The first-order valence-electron chi connectivity index (χ1n) is 7.51. The van der Waals surface area contributed by atoms with Crippen molar-refractivity contribution in [2.75, 3.05) is 0 Å². The number of nitriles is 1. The first-order valence-corrected chi connectivity index (χ1v) is 7.51. The zero-order chi connectivity index (χ0) is 15.2. The summed E-state index contributed by atoms with van der Waals surface area (Å²) in [7, 11) is 1.94. The van der Waals surface area contributed by atoms with Gasteiger partial charge in [0.25, 0.3) is 0 Å². The molecule has 0 aliphatic heterocycles. The Morgan fingerprint density at radius 1 is 1.29 bits per heavy atom. The van der Waals surface area contributed by atoms with E-state index >= 15 is 0 Å². The van der Waals surface area contributed by atoms with Crippen molar-refractivity contribution in [3.63, 3.8) is 0 Å². The zero-order valence-electron chi connectivity index (χ0n) is 13.1. The van der Waals surface area contributed by atoms with Crippen LogP contribution in [0.1, 0.15) is 48.3 Å². The Bertz CT molecular complexity index is 620. The quantitative estimate of drug-likeness (QED) is 0.874. The van der Waals surface area contributed by atoms with Crippen molar-refractivity contribution in [2.24, 2.45) is 7.05 Å². The van der Waals surface area contributed by atoms with Gasteiger partial charge in [0.15, 0.2) is 0 Å². The third-order valence-electron chi connectivity index (χ3n) is 4.07. The minimum atomic E-state index is 0.362.